The standard InChI is InChI=1S/C8H17NO/c1-7-6-8(2,3)9-4-5-10-7/h7,9H,4-6H2,1-3H3. The van der Waals surface area contributed by atoms with Gasteiger partial charge in [0.1, 0.15) is 0 Å². The second-order valence-corrected chi connectivity index (χ2v) is 3.70. The Kier molecular flexibility index (Phi) is 2.32. The van der Waals surface area contributed by atoms with Crippen molar-refractivity contribution >= 4 is 0 Å². The summed E-state index contributed by atoms with van der Waals surface area (Å²) in [5.74, 6) is 0. The van der Waals surface area contributed by atoms with Gasteiger partial charge in [-0.15, -0.1) is 0 Å². The van der Waals surface area contributed by atoms with E-state index in [1.54, 1.807) is 0 Å². The van der Waals surface area contributed by atoms with Gasteiger partial charge in [-0.25, -0.2) is 0 Å². The Bertz CT molecular complexity index is 112. The van der Waals surface area contributed by atoms with Gasteiger partial charge in [0.25, 0.3) is 0 Å². The molecule has 10 heavy (non-hydrogen) atoms. The summed E-state index contributed by atoms with van der Waals surface area (Å²) in [7, 11) is 0. The molecule has 1 fully saturated rings. The van der Waals surface area contributed by atoms with E-state index < -0.39 is 0 Å². The minimum absolute atomic E-state index is 0.260. The van der Waals surface area contributed by atoms with Gasteiger partial charge in [-0.2, -0.15) is 0 Å². The molecule has 1 aliphatic rings. The number of hydrogen-bond acceptors (Lipinski definition) is 2. The Morgan fingerprint density at radius 2 is 2.20 bits per heavy atom. The van der Waals surface area contributed by atoms with Gasteiger partial charge in [-0.1, -0.05) is 0 Å². The molecule has 1 atom stereocenters. The molecule has 0 aromatic rings. The SMILES string of the molecule is CC1CC(C)(C)NCCO1. The summed E-state index contributed by atoms with van der Waals surface area (Å²) in [6.45, 7) is 8.41. The molecule has 2 heteroatoms. The molecular weight excluding hydrogens is 126 g/mol. The lowest BCUT2D eigenvalue weighted by Gasteiger charge is -2.24. The molecule has 1 heterocycles. The minimum Gasteiger partial charge on any atom is -0.377 e. The quantitative estimate of drug-likeness (QED) is 0.549. The number of rotatable bonds is 0. The van der Waals surface area contributed by atoms with Crippen molar-refractivity contribution in [2.24, 2.45) is 0 Å². The van der Waals surface area contributed by atoms with Crippen LogP contribution in [0.1, 0.15) is 27.2 Å². The van der Waals surface area contributed by atoms with Crippen molar-refractivity contribution in [3.63, 3.8) is 0 Å². The average Bonchev–Trinajstić information content (AvgIpc) is 1.90. The second kappa shape index (κ2) is 2.89. The van der Waals surface area contributed by atoms with E-state index in [-0.39, 0.29) is 5.54 Å². The van der Waals surface area contributed by atoms with Gasteiger partial charge in [0.2, 0.25) is 0 Å². The molecule has 0 amide bonds. The number of hydrogen-bond donors (Lipinski definition) is 1. The first-order valence-electron chi connectivity index (χ1n) is 3.97. The van der Waals surface area contributed by atoms with E-state index in [9.17, 15) is 0 Å². The summed E-state index contributed by atoms with van der Waals surface area (Å²) in [4.78, 5) is 0. The predicted molar refractivity (Wildman–Crippen MR) is 42.1 cm³/mol. The number of ether oxygens (including phenoxy) is 1. The first-order chi connectivity index (χ1) is 4.60. The van der Waals surface area contributed by atoms with Crippen LogP contribution in [0, 0.1) is 0 Å². The van der Waals surface area contributed by atoms with Crippen LogP contribution in [0.3, 0.4) is 0 Å². The summed E-state index contributed by atoms with van der Waals surface area (Å²) in [6, 6.07) is 0. The lowest BCUT2D eigenvalue weighted by atomic mass is 9.98. The van der Waals surface area contributed by atoms with Crippen LogP contribution in [0.15, 0.2) is 0 Å². The second-order valence-electron chi connectivity index (χ2n) is 3.70. The fourth-order valence-electron chi connectivity index (χ4n) is 1.50. The van der Waals surface area contributed by atoms with Crippen molar-refractivity contribution in [2.45, 2.75) is 38.8 Å². The van der Waals surface area contributed by atoms with Crippen LogP contribution in [0.5, 0.6) is 0 Å². The molecule has 0 bridgehead atoms. The van der Waals surface area contributed by atoms with Gasteiger partial charge in [-0.05, 0) is 27.2 Å². The molecule has 0 spiro atoms. The van der Waals surface area contributed by atoms with Gasteiger partial charge in [0, 0.05) is 12.1 Å². The van der Waals surface area contributed by atoms with Crippen molar-refractivity contribution in [3.05, 3.63) is 0 Å². The van der Waals surface area contributed by atoms with Crippen molar-refractivity contribution < 1.29 is 4.74 Å². The van der Waals surface area contributed by atoms with Crippen LogP contribution in [-0.2, 0) is 4.74 Å². The lowest BCUT2D eigenvalue weighted by Crippen LogP contribution is -2.40. The topological polar surface area (TPSA) is 21.3 Å². The van der Waals surface area contributed by atoms with Crippen LogP contribution in [0.2, 0.25) is 0 Å². The minimum atomic E-state index is 0.260. The maximum atomic E-state index is 5.48. The molecule has 0 aromatic carbocycles. The molecule has 2 nitrogen and oxygen atoms in total. The van der Waals surface area contributed by atoms with Crippen molar-refractivity contribution in [1.82, 2.24) is 5.32 Å². The van der Waals surface area contributed by atoms with E-state index >= 15 is 0 Å². The van der Waals surface area contributed by atoms with Gasteiger partial charge in [0.15, 0.2) is 0 Å². The van der Waals surface area contributed by atoms with E-state index in [2.05, 4.69) is 26.1 Å². The predicted octanol–water partition coefficient (Wildman–Crippen LogP) is 1.16. The Balaban J connectivity index is 2.46. The Morgan fingerprint density at radius 3 is 2.90 bits per heavy atom. The molecule has 60 valence electrons. The molecule has 1 rings (SSSR count). The van der Waals surface area contributed by atoms with Crippen LogP contribution < -0.4 is 5.32 Å². The fraction of sp³-hybridized carbons (Fsp3) is 1.00. The van der Waals surface area contributed by atoms with Crippen LogP contribution >= 0.6 is 0 Å². The van der Waals surface area contributed by atoms with Crippen molar-refractivity contribution in [1.29, 1.82) is 0 Å². The Labute approximate surface area is 63.0 Å². The monoisotopic (exact) mass is 143 g/mol. The van der Waals surface area contributed by atoms with Crippen molar-refractivity contribution in [2.75, 3.05) is 13.2 Å². The maximum absolute atomic E-state index is 5.48. The van der Waals surface area contributed by atoms with E-state index in [0.717, 1.165) is 19.6 Å². The van der Waals surface area contributed by atoms with Crippen LogP contribution in [0.25, 0.3) is 0 Å². The third-order valence-electron chi connectivity index (χ3n) is 1.91. The highest BCUT2D eigenvalue weighted by Gasteiger charge is 2.22. The highest BCUT2D eigenvalue weighted by molar-refractivity contribution is 4.81. The third-order valence-corrected chi connectivity index (χ3v) is 1.91. The largest absolute Gasteiger partial charge is 0.377 e. The van der Waals surface area contributed by atoms with Crippen LogP contribution in [0.4, 0.5) is 0 Å². The zero-order valence-corrected chi connectivity index (χ0v) is 7.11. The molecule has 0 saturated carbocycles. The molecule has 0 aliphatic carbocycles. The zero-order chi connectivity index (χ0) is 7.61. The van der Waals surface area contributed by atoms with E-state index in [1.807, 2.05) is 0 Å². The summed E-state index contributed by atoms with van der Waals surface area (Å²) in [5, 5.41) is 3.43. The normalized spacial score (nSPS) is 33.3. The maximum Gasteiger partial charge on any atom is 0.0594 e. The fourth-order valence-corrected chi connectivity index (χ4v) is 1.50. The molecule has 1 aliphatic heterocycles. The Hall–Kier alpha value is -0.0800. The Morgan fingerprint density at radius 1 is 1.50 bits per heavy atom. The molecule has 0 aromatic heterocycles. The first-order valence-corrected chi connectivity index (χ1v) is 3.97. The summed E-state index contributed by atoms with van der Waals surface area (Å²) < 4.78 is 5.48. The van der Waals surface area contributed by atoms with Gasteiger partial charge in [0.05, 0.1) is 12.7 Å². The summed E-state index contributed by atoms with van der Waals surface area (Å²) >= 11 is 0. The first kappa shape index (κ1) is 8.02. The smallest absolute Gasteiger partial charge is 0.0594 e. The zero-order valence-electron chi connectivity index (χ0n) is 7.11. The third kappa shape index (κ3) is 2.27. The van der Waals surface area contributed by atoms with Gasteiger partial charge < -0.3 is 10.1 Å². The molecule has 1 unspecified atom stereocenters. The van der Waals surface area contributed by atoms with Gasteiger partial charge in [-0.3, -0.25) is 0 Å². The molecule has 1 saturated heterocycles. The molecular formula is C8H17NO. The highest BCUT2D eigenvalue weighted by atomic mass is 16.5. The molecule has 0 radical (unpaired) electrons. The average molecular weight is 143 g/mol. The lowest BCUT2D eigenvalue weighted by molar-refractivity contribution is 0.0715. The van der Waals surface area contributed by atoms with E-state index in [1.165, 1.54) is 0 Å². The highest BCUT2D eigenvalue weighted by Crippen LogP contribution is 2.15. The van der Waals surface area contributed by atoms with Crippen LogP contribution in [-0.4, -0.2) is 24.8 Å². The van der Waals surface area contributed by atoms with E-state index in [0.29, 0.717) is 6.10 Å². The summed E-state index contributed by atoms with van der Waals surface area (Å²) in [6.07, 6.45) is 1.51. The van der Waals surface area contributed by atoms with Gasteiger partial charge >= 0.3 is 0 Å². The number of nitrogens with one attached hydrogen (secondary N) is 1. The summed E-state index contributed by atoms with van der Waals surface area (Å²) in [5.41, 5.74) is 0.260. The van der Waals surface area contributed by atoms with E-state index in [4.69, 9.17) is 4.74 Å². The molecule has 1 N–H and O–H groups in total. The van der Waals surface area contributed by atoms with Crippen molar-refractivity contribution in [3.8, 4) is 0 Å².